The third-order valence-corrected chi connectivity index (χ3v) is 5.15. The van der Waals surface area contributed by atoms with Gasteiger partial charge in [0.15, 0.2) is 0 Å². The van der Waals surface area contributed by atoms with E-state index in [0.717, 1.165) is 0 Å². The maximum atomic E-state index is 2.16. The fourth-order valence-electron chi connectivity index (χ4n) is 3.26. The van der Waals surface area contributed by atoms with Gasteiger partial charge in [-0.2, -0.15) is 0 Å². The highest BCUT2D eigenvalue weighted by molar-refractivity contribution is 5.74. The van der Waals surface area contributed by atoms with Crippen molar-refractivity contribution in [2.24, 2.45) is 0 Å². The molecule has 0 saturated heterocycles. The first-order valence-corrected chi connectivity index (χ1v) is 10.6. The third kappa shape index (κ3) is 6.29. The molecule has 0 amide bonds. The molecule has 0 heteroatoms. The predicted octanol–water partition coefficient (Wildman–Crippen LogP) is 8.51. The van der Waals surface area contributed by atoms with Crippen LogP contribution in [0.3, 0.4) is 0 Å². The normalized spacial score (nSPS) is 11.6. The van der Waals surface area contributed by atoms with Crippen LogP contribution in [-0.2, 0) is 0 Å². The summed E-state index contributed by atoms with van der Waals surface area (Å²) in [6.07, 6.45) is 12.9. The lowest BCUT2D eigenvalue weighted by Crippen LogP contribution is -1.77. The van der Waals surface area contributed by atoms with Crippen molar-refractivity contribution in [2.45, 2.75) is 6.92 Å². The Balaban J connectivity index is 1.36. The second-order valence-electron chi connectivity index (χ2n) is 7.65. The van der Waals surface area contributed by atoms with E-state index < -0.39 is 0 Å². The molecule has 0 fully saturated rings. The highest BCUT2D eigenvalue weighted by Gasteiger charge is 1.93. The Kier molecular flexibility index (Phi) is 6.72. The van der Waals surface area contributed by atoms with Gasteiger partial charge in [-0.25, -0.2) is 0 Å². The highest BCUT2D eigenvalue weighted by Crippen LogP contribution is 2.15. The summed E-state index contributed by atoms with van der Waals surface area (Å²) in [5.41, 5.74) is 8.51. The third-order valence-electron chi connectivity index (χ3n) is 5.15. The molecule has 0 aliphatic rings. The molecule has 0 aliphatic heterocycles. The molecule has 4 aromatic rings. The van der Waals surface area contributed by atoms with E-state index >= 15 is 0 Å². The standard InChI is InChI=1S/C31H26/c1-25-7-9-27(10-8-25)13-14-29-19-21-31(22-20-29)24-23-30-17-15-28(16-18-30)12-11-26-5-3-2-4-6-26/h2-24H,1H3/b12-11+,14-13+,24-23+. The van der Waals surface area contributed by atoms with Crippen LogP contribution in [0.1, 0.15) is 38.9 Å². The van der Waals surface area contributed by atoms with Crippen molar-refractivity contribution in [3.8, 4) is 0 Å². The minimum atomic E-state index is 1.19. The molecule has 0 atom stereocenters. The van der Waals surface area contributed by atoms with Crippen LogP contribution < -0.4 is 0 Å². The van der Waals surface area contributed by atoms with Crippen molar-refractivity contribution in [3.63, 3.8) is 0 Å². The summed E-state index contributed by atoms with van der Waals surface area (Å²) in [4.78, 5) is 0. The van der Waals surface area contributed by atoms with Gasteiger partial charge in [-0.05, 0) is 40.3 Å². The van der Waals surface area contributed by atoms with Gasteiger partial charge in [0.25, 0.3) is 0 Å². The lowest BCUT2D eigenvalue weighted by atomic mass is 10.1. The number of hydrogen-bond donors (Lipinski definition) is 0. The molecule has 0 unspecified atom stereocenters. The molecule has 0 N–H and O–H groups in total. The highest BCUT2D eigenvalue weighted by atomic mass is 14.0. The van der Waals surface area contributed by atoms with Crippen LogP contribution in [0.4, 0.5) is 0 Å². The topological polar surface area (TPSA) is 0 Å². The van der Waals surface area contributed by atoms with Crippen LogP contribution in [0.2, 0.25) is 0 Å². The summed E-state index contributed by atoms with van der Waals surface area (Å²) in [7, 11) is 0. The molecule has 4 aromatic carbocycles. The molecular weight excluding hydrogens is 372 g/mol. The van der Waals surface area contributed by atoms with Gasteiger partial charge in [-0.1, -0.05) is 145 Å². The van der Waals surface area contributed by atoms with Crippen LogP contribution in [0.15, 0.2) is 103 Å². The number of benzene rings is 4. The van der Waals surface area contributed by atoms with Crippen molar-refractivity contribution >= 4 is 36.5 Å². The number of aryl methyl sites for hydroxylation is 1. The van der Waals surface area contributed by atoms with Gasteiger partial charge in [0.1, 0.15) is 0 Å². The predicted molar refractivity (Wildman–Crippen MR) is 137 cm³/mol. The molecule has 4 rings (SSSR count). The number of rotatable bonds is 6. The van der Waals surface area contributed by atoms with Gasteiger partial charge in [-0.3, -0.25) is 0 Å². The van der Waals surface area contributed by atoms with Gasteiger partial charge in [0.05, 0.1) is 0 Å². The van der Waals surface area contributed by atoms with Crippen LogP contribution in [-0.4, -0.2) is 0 Å². The average Bonchev–Trinajstić information content (AvgIpc) is 2.83. The average molecular weight is 399 g/mol. The van der Waals surface area contributed by atoms with Gasteiger partial charge in [0.2, 0.25) is 0 Å². The van der Waals surface area contributed by atoms with E-state index in [2.05, 4.69) is 140 Å². The Morgan fingerprint density at radius 3 is 0.903 bits per heavy atom. The summed E-state index contributed by atoms with van der Waals surface area (Å²) in [6, 6.07) is 36.2. The summed E-state index contributed by atoms with van der Waals surface area (Å²) in [5.74, 6) is 0. The molecule has 0 aromatic heterocycles. The Bertz CT molecular complexity index is 1170. The minimum absolute atomic E-state index is 1.19. The quantitative estimate of drug-likeness (QED) is 0.286. The van der Waals surface area contributed by atoms with E-state index in [4.69, 9.17) is 0 Å². The molecule has 0 saturated carbocycles. The van der Waals surface area contributed by atoms with E-state index in [1.807, 2.05) is 6.07 Å². The van der Waals surface area contributed by atoms with Crippen molar-refractivity contribution < 1.29 is 0 Å². The molecule has 0 radical (unpaired) electrons. The molecule has 31 heavy (non-hydrogen) atoms. The monoisotopic (exact) mass is 398 g/mol. The van der Waals surface area contributed by atoms with Crippen LogP contribution in [0.5, 0.6) is 0 Å². The maximum absolute atomic E-state index is 2.16. The Morgan fingerprint density at radius 2 is 0.581 bits per heavy atom. The molecule has 150 valence electrons. The zero-order chi connectivity index (χ0) is 21.3. The molecule has 0 spiro atoms. The summed E-state index contributed by atoms with van der Waals surface area (Å²) in [6.45, 7) is 2.11. The molecule has 0 nitrogen and oxygen atoms in total. The van der Waals surface area contributed by atoms with E-state index in [0.29, 0.717) is 0 Å². The van der Waals surface area contributed by atoms with Crippen molar-refractivity contribution in [1.82, 2.24) is 0 Å². The largest absolute Gasteiger partial charge is 0.0622 e. The van der Waals surface area contributed by atoms with E-state index in [1.54, 1.807) is 0 Å². The molecule has 0 aliphatic carbocycles. The van der Waals surface area contributed by atoms with E-state index in [9.17, 15) is 0 Å². The van der Waals surface area contributed by atoms with Crippen LogP contribution in [0, 0.1) is 6.92 Å². The smallest absolute Gasteiger partial charge is 0.0256 e. The SMILES string of the molecule is Cc1ccc(/C=C/c2ccc(/C=C/c3ccc(/C=C/c4ccccc4)cc3)cc2)cc1. The second-order valence-corrected chi connectivity index (χ2v) is 7.65. The Labute approximate surface area is 185 Å². The maximum Gasteiger partial charge on any atom is -0.0256 e. The zero-order valence-corrected chi connectivity index (χ0v) is 17.8. The van der Waals surface area contributed by atoms with Crippen LogP contribution in [0.25, 0.3) is 36.5 Å². The van der Waals surface area contributed by atoms with Crippen molar-refractivity contribution in [1.29, 1.82) is 0 Å². The van der Waals surface area contributed by atoms with Gasteiger partial charge < -0.3 is 0 Å². The zero-order valence-electron chi connectivity index (χ0n) is 17.8. The van der Waals surface area contributed by atoms with Crippen LogP contribution >= 0.6 is 0 Å². The lowest BCUT2D eigenvalue weighted by Gasteiger charge is -1.99. The first kappa shape index (κ1) is 20.4. The summed E-state index contributed by atoms with van der Waals surface area (Å²) >= 11 is 0. The lowest BCUT2D eigenvalue weighted by molar-refractivity contribution is 1.46. The summed E-state index contributed by atoms with van der Waals surface area (Å²) in [5, 5.41) is 0. The van der Waals surface area contributed by atoms with Crippen molar-refractivity contribution in [3.05, 3.63) is 142 Å². The Morgan fingerprint density at radius 1 is 0.323 bits per heavy atom. The fraction of sp³-hybridized carbons (Fsp3) is 0.0323. The molecular formula is C31H26. The summed E-state index contributed by atoms with van der Waals surface area (Å²) < 4.78 is 0. The van der Waals surface area contributed by atoms with E-state index in [1.165, 1.54) is 38.9 Å². The molecule has 0 heterocycles. The second kappa shape index (κ2) is 10.2. The fourth-order valence-corrected chi connectivity index (χ4v) is 3.26. The van der Waals surface area contributed by atoms with E-state index in [-0.39, 0.29) is 0 Å². The van der Waals surface area contributed by atoms with Gasteiger partial charge >= 0.3 is 0 Å². The minimum Gasteiger partial charge on any atom is -0.0622 e. The van der Waals surface area contributed by atoms with Gasteiger partial charge in [0, 0.05) is 0 Å². The van der Waals surface area contributed by atoms with Crippen molar-refractivity contribution in [2.75, 3.05) is 0 Å². The molecule has 0 bridgehead atoms. The van der Waals surface area contributed by atoms with Gasteiger partial charge in [-0.15, -0.1) is 0 Å². The first-order valence-electron chi connectivity index (χ1n) is 10.6. The number of hydrogen-bond acceptors (Lipinski definition) is 0. The first-order chi connectivity index (χ1) is 15.2. The Hall–Kier alpha value is -3.90.